The third kappa shape index (κ3) is 4.60. The van der Waals surface area contributed by atoms with Crippen LogP contribution in [0.1, 0.15) is 5.56 Å². The van der Waals surface area contributed by atoms with Gasteiger partial charge in [-0.15, -0.1) is 0 Å². The number of rotatable bonds is 5. The maximum Gasteiger partial charge on any atom is 0.261 e. The first-order valence-electron chi connectivity index (χ1n) is 10.9. The summed E-state index contributed by atoms with van der Waals surface area (Å²) in [6.07, 6.45) is 1.74. The Hall–Kier alpha value is -3.47. The van der Waals surface area contributed by atoms with Gasteiger partial charge in [0.2, 0.25) is 10.0 Å². The van der Waals surface area contributed by atoms with E-state index in [2.05, 4.69) is 9.71 Å². The quantitative estimate of drug-likeness (QED) is 0.434. The smallest absolute Gasteiger partial charge is 0.261 e. The number of benzene rings is 3. The molecule has 0 bridgehead atoms. The minimum absolute atomic E-state index is 0.0157. The Bertz CT molecular complexity index is 1610. The second kappa shape index (κ2) is 8.95. The molecule has 1 saturated heterocycles. The first-order chi connectivity index (χ1) is 16.7. The van der Waals surface area contributed by atoms with Gasteiger partial charge >= 0.3 is 0 Å². The Kier molecular flexibility index (Phi) is 5.96. The summed E-state index contributed by atoms with van der Waals surface area (Å²) in [5.41, 5.74) is 3.31. The van der Waals surface area contributed by atoms with Gasteiger partial charge in [0, 0.05) is 22.8 Å². The number of ether oxygens (including phenoxy) is 1. The van der Waals surface area contributed by atoms with Crippen LogP contribution < -0.4 is 9.03 Å². The summed E-state index contributed by atoms with van der Waals surface area (Å²) in [4.78, 5) is 4.57. The van der Waals surface area contributed by atoms with Crippen LogP contribution >= 0.6 is 0 Å². The third-order valence-electron chi connectivity index (χ3n) is 5.88. The van der Waals surface area contributed by atoms with Gasteiger partial charge in [0.05, 0.1) is 28.6 Å². The maximum absolute atomic E-state index is 13.1. The number of aryl methyl sites for hydroxylation is 1. The fraction of sp³-hybridized carbons (Fsp3) is 0.160. The van der Waals surface area contributed by atoms with Crippen molar-refractivity contribution >= 4 is 42.2 Å². The molecule has 1 aliphatic heterocycles. The van der Waals surface area contributed by atoms with Crippen LogP contribution in [0, 0.1) is 6.92 Å². The molecule has 1 aromatic heterocycles. The largest absolute Gasteiger partial charge is 0.359 e. The van der Waals surface area contributed by atoms with E-state index in [0.29, 0.717) is 11.4 Å². The molecule has 1 aliphatic rings. The van der Waals surface area contributed by atoms with Crippen LogP contribution in [-0.2, 0) is 24.8 Å². The Labute approximate surface area is 204 Å². The predicted octanol–water partition coefficient (Wildman–Crippen LogP) is 4.13. The highest BCUT2D eigenvalue weighted by Crippen LogP contribution is 2.32. The average Bonchev–Trinajstić information content (AvgIpc) is 2.85. The van der Waals surface area contributed by atoms with Crippen molar-refractivity contribution in [3.63, 3.8) is 0 Å². The lowest BCUT2D eigenvalue weighted by Gasteiger charge is -2.28. The van der Waals surface area contributed by atoms with Gasteiger partial charge in [-0.25, -0.2) is 21.1 Å². The standard InChI is InChI=1S/C25H23N3O5S2/c1-18-6-7-20(16-24(18)25-23-5-3-2-4-19(23)12-13-26-25)27-35(31,32)22-10-8-21(9-11-22)28-17-33-14-15-34(28,29)30/h2-13,16,27H,14-15,17H2,1H3. The van der Waals surface area contributed by atoms with Crippen molar-refractivity contribution in [2.75, 3.05) is 28.1 Å². The molecule has 2 heterocycles. The maximum atomic E-state index is 13.1. The molecular formula is C25H23N3O5S2. The van der Waals surface area contributed by atoms with Gasteiger partial charge in [0.15, 0.2) is 0 Å². The number of aromatic nitrogens is 1. The van der Waals surface area contributed by atoms with Crippen molar-refractivity contribution < 1.29 is 21.6 Å². The number of nitrogens with one attached hydrogen (secondary N) is 1. The molecule has 35 heavy (non-hydrogen) atoms. The number of sulfonamides is 2. The van der Waals surface area contributed by atoms with Crippen molar-refractivity contribution in [3.05, 3.63) is 84.6 Å². The molecule has 1 fully saturated rings. The van der Waals surface area contributed by atoms with Crippen LogP contribution in [0.3, 0.4) is 0 Å². The van der Waals surface area contributed by atoms with Crippen LogP contribution in [0.25, 0.3) is 22.0 Å². The lowest BCUT2D eigenvalue weighted by molar-refractivity contribution is 0.149. The first-order valence-corrected chi connectivity index (χ1v) is 14.0. The summed E-state index contributed by atoms with van der Waals surface area (Å²) >= 11 is 0. The topological polar surface area (TPSA) is 106 Å². The van der Waals surface area contributed by atoms with E-state index in [-0.39, 0.29) is 24.0 Å². The molecule has 5 rings (SSSR count). The highest BCUT2D eigenvalue weighted by Gasteiger charge is 2.27. The van der Waals surface area contributed by atoms with Crippen LogP contribution in [-0.4, -0.2) is 40.9 Å². The third-order valence-corrected chi connectivity index (χ3v) is 8.95. The van der Waals surface area contributed by atoms with Crippen molar-refractivity contribution in [1.29, 1.82) is 0 Å². The fourth-order valence-corrected chi connectivity index (χ4v) is 6.29. The zero-order valence-electron chi connectivity index (χ0n) is 18.9. The first kappa shape index (κ1) is 23.3. The van der Waals surface area contributed by atoms with Crippen LogP contribution in [0.15, 0.2) is 83.9 Å². The van der Waals surface area contributed by atoms with E-state index in [1.807, 2.05) is 43.3 Å². The van der Waals surface area contributed by atoms with Gasteiger partial charge in [-0.05, 0) is 60.3 Å². The zero-order valence-corrected chi connectivity index (χ0v) is 20.5. The Morgan fingerprint density at radius 1 is 1.00 bits per heavy atom. The molecule has 0 radical (unpaired) electrons. The molecule has 1 N–H and O–H groups in total. The molecule has 8 nitrogen and oxygen atoms in total. The second-order valence-corrected chi connectivity index (χ2v) is 11.9. The number of anilines is 2. The monoisotopic (exact) mass is 509 g/mol. The Balaban J connectivity index is 1.44. The molecule has 0 spiro atoms. The van der Waals surface area contributed by atoms with E-state index in [0.717, 1.165) is 31.9 Å². The van der Waals surface area contributed by atoms with Crippen molar-refractivity contribution in [2.24, 2.45) is 0 Å². The van der Waals surface area contributed by atoms with Crippen molar-refractivity contribution in [2.45, 2.75) is 11.8 Å². The number of hydrogen-bond acceptors (Lipinski definition) is 6. The van der Waals surface area contributed by atoms with Crippen molar-refractivity contribution in [1.82, 2.24) is 4.98 Å². The average molecular weight is 510 g/mol. The number of nitrogens with zero attached hydrogens (tertiary/aromatic N) is 2. The lowest BCUT2D eigenvalue weighted by atomic mass is 10.00. The number of pyridine rings is 1. The Morgan fingerprint density at radius 3 is 2.54 bits per heavy atom. The van der Waals surface area contributed by atoms with Gasteiger partial charge in [-0.2, -0.15) is 0 Å². The summed E-state index contributed by atoms with van der Waals surface area (Å²) < 4.78 is 59.7. The minimum Gasteiger partial charge on any atom is -0.359 e. The predicted molar refractivity (Wildman–Crippen MR) is 136 cm³/mol. The van der Waals surface area contributed by atoms with E-state index in [9.17, 15) is 16.8 Å². The van der Waals surface area contributed by atoms with Crippen LogP contribution in [0.4, 0.5) is 11.4 Å². The molecule has 0 unspecified atom stereocenters. The molecule has 0 saturated carbocycles. The van der Waals surface area contributed by atoms with E-state index < -0.39 is 20.0 Å². The molecule has 0 aliphatic carbocycles. The molecule has 0 amide bonds. The van der Waals surface area contributed by atoms with Crippen LogP contribution in [0.5, 0.6) is 0 Å². The lowest BCUT2D eigenvalue weighted by Crippen LogP contribution is -2.41. The second-order valence-electron chi connectivity index (χ2n) is 8.21. The molecular weight excluding hydrogens is 486 g/mol. The van der Waals surface area contributed by atoms with Crippen LogP contribution in [0.2, 0.25) is 0 Å². The normalized spacial score (nSPS) is 15.7. The van der Waals surface area contributed by atoms with E-state index >= 15 is 0 Å². The molecule has 180 valence electrons. The summed E-state index contributed by atoms with van der Waals surface area (Å²) in [5.74, 6) is -0.115. The summed E-state index contributed by atoms with van der Waals surface area (Å²) in [7, 11) is -7.40. The number of fused-ring (bicyclic) bond motifs is 1. The van der Waals surface area contributed by atoms with Gasteiger partial charge in [0.1, 0.15) is 6.73 Å². The highest BCUT2D eigenvalue weighted by atomic mass is 32.2. The fourth-order valence-electron chi connectivity index (χ4n) is 4.02. The van der Waals surface area contributed by atoms with Gasteiger partial charge in [-0.3, -0.25) is 9.71 Å². The van der Waals surface area contributed by atoms with Crippen molar-refractivity contribution in [3.8, 4) is 11.3 Å². The van der Waals surface area contributed by atoms with Gasteiger partial charge in [0.25, 0.3) is 10.0 Å². The van der Waals surface area contributed by atoms with E-state index in [1.165, 1.54) is 24.3 Å². The van der Waals surface area contributed by atoms with E-state index in [4.69, 9.17) is 4.74 Å². The van der Waals surface area contributed by atoms with Gasteiger partial charge < -0.3 is 4.74 Å². The molecule has 4 aromatic rings. The molecule has 10 heteroatoms. The highest BCUT2D eigenvalue weighted by molar-refractivity contribution is 7.93. The minimum atomic E-state index is -3.91. The summed E-state index contributed by atoms with van der Waals surface area (Å²) in [5, 5.41) is 2.02. The van der Waals surface area contributed by atoms with Gasteiger partial charge in [-0.1, -0.05) is 30.3 Å². The number of hydrogen-bond donors (Lipinski definition) is 1. The Morgan fingerprint density at radius 2 is 1.77 bits per heavy atom. The zero-order chi connectivity index (χ0) is 24.6. The summed E-state index contributed by atoms with van der Waals surface area (Å²) in [6, 6.07) is 20.8. The van der Waals surface area contributed by atoms with E-state index in [1.54, 1.807) is 18.3 Å². The molecule has 3 aromatic carbocycles. The summed E-state index contributed by atoms with van der Waals surface area (Å²) in [6.45, 7) is 2.00. The SMILES string of the molecule is Cc1ccc(NS(=O)(=O)c2ccc(N3COCCS3(=O)=O)cc2)cc1-c1nccc2ccccc12. The molecule has 0 atom stereocenters.